The third-order valence-electron chi connectivity index (χ3n) is 9.78. The van der Waals surface area contributed by atoms with Crippen LogP contribution in [-0.2, 0) is 19.3 Å². The van der Waals surface area contributed by atoms with Gasteiger partial charge < -0.3 is 29.2 Å². The van der Waals surface area contributed by atoms with E-state index in [2.05, 4.69) is 11.9 Å². The molecule has 0 saturated carbocycles. The molecule has 9 nitrogen and oxygen atoms in total. The number of phenolic OH excluding ortho intramolecular Hbond substituents is 2. The first kappa shape index (κ1) is 30.0. The standard InChI is InChI=1S/C37H38N2O7/c1-38-12-11-22-18-32(45-5)36(42)37-33(22)27(38)15-20-6-9-29(43-3)26(14-20)25-16-23(7-8-28(25)40)35(41)34-24-19-31(46-37)30(44-4)17-21(24)10-13-39(34)2/h6-9,14,16-19,27,34,40,42H,10-13,15H2,1-5H3. The van der Waals surface area contributed by atoms with Gasteiger partial charge in [-0.2, -0.15) is 0 Å². The van der Waals surface area contributed by atoms with Crippen LogP contribution in [0.25, 0.3) is 11.1 Å². The number of ether oxygens (including phenoxy) is 4. The highest BCUT2D eigenvalue weighted by Gasteiger charge is 2.36. The summed E-state index contributed by atoms with van der Waals surface area (Å²) in [4.78, 5) is 18.7. The number of aromatic hydroxyl groups is 2. The smallest absolute Gasteiger partial charge is 0.201 e. The first-order valence-corrected chi connectivity index (χ1v) is 15.5. The van der Waals surface area contributed by atoms with Crippen molar-refractivity contribution in [2.45, 2.75) is 31.3 Å². The molecule has 4 aromatic carbocycles. The Morgan fingerprint density at radius 1 is 0.783 bits per heavy atom. The van der Waals surface area contributed by atoms with E-state index in [1.165, 1.54) is 7.11 Å². The molecule has 0 aromatic heterocycles. The van der Waals surface area contributed by atoms with Crippen LogP contribution < -0.4 is 18.9 Å². The summed E-state index contributed by atoms with van der Waals surface area (Å²) in [5.41, 5.74) is 6.36. The largest absolute Gasteiger partial charge is 0.507 e. The average molecular weight is 623 g/mol. The van der Waals surface area contributed by atoms with Crippen LogP contribution in [0, 0.1) is 0 Å². The Balaban J connectivity index is 1.54. The first-order valence-electron chi connectivity index (χ1n) is 15.5. The molecule has 7 rings (SSSR count). The van der Waals surface area contributed by atoms with Crippen LogP contribution in [0.1, 0.15) is 50.3 Å². The molecule has 0 radical (unpaired) electrons. The van der Waals surface area contributed by atoms with Gasteiger partial charge in [-0.25, -0.2) is 0 Å². The minimum atomic E-state index is -0.609. The molecule has 2 N–H and O–H groups in total. The molecular weight excluding hydrogens is 584 g/mol. The third-order valence-corrected chi connectivity index (χ3v) is 9.78. The van der Waals surface area contributed by atoms with Crippen LogP contribution in [0.4, 0.5) is 0 Å². The van der Waals surface area contributed by atoms with Gasteiger partial charge in [0.1, 0.15) is 11.5 Å². The normalized spacial score (nSPS) is 19.2. The predicted molar refractivity (Wildman–Crippen MR) is 174 cm³/mol. The second-order valence-electron chi connectivity index (χ2n) is 12.3. The number of carbonyl (C=O) groups is 1. The number of carbonyl (C=O) groups excluding carboxylic acids is 1. The van der Waals surface area contributed by atoms with E-state index in [-0.39, 0.29) is 23.3 Å². The minimum absolute atomic E-state index is 0.0605. The van der Waals surface area contributed by atoms with Crippen molar-refractivity contribution in [3.05, 3.63) is 88.0 Å². The number of phenols is 2. The zero-order valence-corrected chi connectivity index (χ0v) is 26.7. The van der Waals surface area contributed by atoms with Gasteiger partial charge in [-0.3, -0.25) is 14.6 Å². The lowest BCUT2D eigenvalue weighted by molar-refractivity contribution is 0.0838. The maximum atomic E-state index is 14.4. The molecule has 238 valence electrons. The van der Waals surface area contributed by atoms with Crippen molar-refractivity contribution in [3.63, 3.8) is 0 Å². The topological polar surface area (TPSA) is 101 Å². The van der Waals surface area contributed by atoms with Gasteiger partial charge in [0.2, 0.25) is 5.75 Å². The van der Waals surface area contributed by atoms with Gasteiger partial charge in [-0.1, -0.05) is 6.07 Å². The predicted octanol–water partition coefficient (Wildman–Crippen LogP) is 6.08. The van der Waals surface area contributed by atoms with Gasteiger partial charge in [0.25, 0.3) is 0 Å². The summed E-state index contributed by atoms with van der Waals surface area (Å²) >= 11 is 0. The summed E-state index contributed by atoms with van der Waals surface area (Å²) in [6, 6.07) is 15.9. The van der Waals surface area contributed by atoms with E-state index in [1.807, 2.05) is 48.3 Å². The molecule has 2 atom stereocenters. The lowest BCUT2D eigenvalue weighted by Crippen LogP contribution is -2.37. The van der Waals surface area contributed by atoms with Crippen molar-refractivity contribution in [2.24, 2.45) is 0 Å². The number of hydrogen-bond acceptors (Lipinski definition) is 9. The Kier molecular flexibility index (Phi) is 7.53. The highest BCUT2D eigenvalue weighted by molar-refractivity contribution is 6.02. The summed E-state index contributed by atoms with van der Waals surface area (Å²) < 4.78 is 23.9. The Morgan fingerprint density at radius 2 is 1.50 bits per heavy atom. The minimum Gasteiger partial charge on any atom is -0.507 e. The van der Waals surface area contributed by atoms with E-state index in [1.54, 1.807) is 32.4 Å². The molecule has 0 fully saturated rings. The molecule has 0 amide bonds. The number of Topliss-reactive ketones (excluding diaryl/α,β-unsaturated/α-hetero) is 1. The zero-order chi connectivity index (χ0) is 32.3. The number of ketones is 1. The summed E-state index contributed by atoms with van der Waals surface area (Å²) in [6.07, 6.45) is 2.05. The Labute approximate surface area is 268 Å². The SMILES string of the molecule is COc1cc2c3cc1Oc1c(O)c(OC)cc4c1C(Cc1ccc(OC)c(c1)-c1cc(ccc1O)C(=O)C3N(C)CC2)N(C)CC4. The van der Waals surface area contributed by atoms with Gasteiger partial charge in [-0.05, 0) is 104 Å². The monoisotopic (exact) mass is 622 g/mol. The quantitative estimate of drug-likeness (QED) is 0.282. The second-order valence-corrected chi connectivity index (χ2v) is 12.3. The molecule has 4 aromatic rings. The fourth-order valence-electron chi connectivity index (χ4n) is 7.27. The lowest BCUT2D eigenvalue weighted by Gasteiger charge is -2.37. The highest BCUT2D eigenvalue weighted by atomic mass is 16.5. The van der Waals surface area contributed by atoms with Crippen LogP contribution >= 0.6 is 0 Å². The van der Waals surface area contributed by atoms with Gasteiger partial charge in [0.15, 0.2) is 28.8 Å². The van der Waals surface area contributed by atoms with Crippen molar-refractivity contribution in [2.75, 3.05) is 48.5 Å². The molecule has 0 spiro atoms. The number of fused-ring (bicyclic) bond motifs is 6. The van der Waals surface area contributed by atoms with Gasteiger partial charge in [0, 0.05) is 41.4 Å². The summed E-state index contributed by atoms with van der Waals surface area (Å²) in [5, 5.41) is 22.7. The maximum absolute atomic E-state index is 14.4. The van der Waals surface area contributed by atoms with Crippen molar-refractivity contribution in [1.82, 2.24) is 9.80 Å². The molecule has 46 heavy (non-hydrogen) atoms. The first-order chi connectivity index (χ1) is 22.2. The summed E-state index contributed by atoms with van der Waals surface area (Å²) in [7, 11) is 8.73. The molecule has 9 heteroatoms. The number of nitrogens with zero attached hydrogens (tertiary/aromatic N) is 2. The Morgan fingerprint density at radius 3 is 2.26 bits per heavy atom. The van der Waals surface area contributed by atoms with Gasteiger partial charge in [0.05, 0.1) is 27.4 Å². The Hall–Kier alpha value is -4.73. The summed E-state index contributed by atoms with van der Waals surface area (Å²) in [6.45, 7) is 1.47. The number of likely N-dealkylation sites (N-methyl/N-ethyl adjacent to an activating group) is 2. The molecule has 3 heterocycles. The van der Waals surface area contributed by atoms with Crippen molar-refractivity contribution < 1.29 is 34.0 Å². The lowest BCUT2D eigenvalue weighted by atomic mass is 9.85. The number of methoxy groups -OCH3 is 3. The van der Waals surface area contributed by atoms with Crippen LogP contribution in [0.15, 0.2) is 54.6 Å². The van der Waals surface area contributed by atoms with E-state index in [0.717, 1.165) is 47.2 Å². The fraction of sp³-hybridized carbons (Fsp3) is 0.324. The number of rotatable bonds is 3. The third kappa shape index (κ3) is 4.82. The van der Waals surface area contributed by atoms with Crippen LogP contribution in [0.5, 0.6) is 40.2 Å². The highest BCUT2D eigenvalue weighted by Crippen LogP contribution is 2.51. The van der Waals surface area contributed by atoms with Crippen LogP contribution in [-0.4, -0.2) is 74.3 Å². The number of benzene rings is 4. The van der Waals surface area contributed by atoms with Crippen molar-refractivity contribution in [1.29, 1.82) is 0 Å². The fourth-order valence-corrected chi connectivity index (χ4v) is 7.27. The molecule has 0 saturated heterocycles. The second kappa shape index (κ2) is 11.6. The Bertz CT molecular complexity index is 1870. The van der Waals surface area contributed by atoms with Crippen LogP contribution in [0.2, 0.25) is 0 Å². The molecule has 3 aliphatic heterocycles. The number of hydrogen-bond donors (Lipinski definition) is 2. The molecule has 6 bridgehead atoms. The zero-order valence-electron chi connectivity index (χ0n) is 26.7. The van der Waals surface area contributed by atoms with E-state index >= 15 is 0 Å². The van der Waals surface area contributed by atoms with E-state index in [4.69, 9.17) is 18.9 Å². The van der Waals surface area contributed by atoms with E-state index in [9.17, 15) is 15.0 Å². The van der Waals surface area contributed by atoms with E-state index in [0.29, 0.717) is 58.4 Å². The molecule has 2 unspecified atom stereocenters. The maximum Gasteiger partial charge on any atom is 0.201 e. The molecule has 3 aliphatic rings. The van der Waals surface area contributed by atoms with E-state index < -0.39 is 6.04 Å². The molecule has 0 aliphatic carbocycles. The average Bonchev–Trinajstić information content (AvgIpc) is 3.06. The van der Waals surface area contributed by atoms with Crippen molar-refractivity contribution in [3.8, 4) is 51.4 Å². The van der Waals surface area contributed by atoms with Crippen LogP contribution in [0.3, 0.4) is 0 Å². The summed E-state index contributed by atoms with van der Waals surface area (Å²) in [5.74, 6) is 2.00. The van der Waals surface area contributed by atoms with Gasteiger partial charge >= 0.3 is 0 Å². The van der Waals surface area contributed by atoms with Crippen molar-refractivity contribution >= 4 is 5.78 Å². The van der Waals surface area contributed by atoms with Gasteiger partial charge in [-0.15, -0.1) is 0 Å². The molecular formula is C37H38N2O7.